The van der Waals surface area contributed by atoms with Gasteiger partial charge < -0.3 is 10.3 Å². The topological polar surface area (TPSA) is 112 Å². The summed E-state index contributed by atoms with van der Waals surface area (Å²) in [6.45, 7) is 1.76. The van der Waals surface area contributed by atoms with Crippen molar-refractivity contribution in [1.29, 1.82) is 0 Å². The van der Waals surface area contributed by atoms with Crippen molar-refractivity contribution in [2.24, 2.45) is 0 Å². The number of nitrogens with zero attached hydrogens (tertiary/aromatic N) is 4. The number of halogens is 1. The Morgan fingerprint density at radius 2 is 2.09 bits per heavy atom. The zero-order chi connectivity index (χ0) is 23.9. The predicted molar refractivity (Wildman–Crippen MR) is 134 cm³/mol. The van der Waals surface area contributed by atoms with Gasteiger partial charge in [0, 0.05) is 51.8 Å². The predicted octanol–water partition coefficient (Wildman–Crippen LogP) is 5.78. The van der Waals surface area contributed by atoms with E-state index in [0.29, 0.717) is 51.3 Å². The Bertz CT molecular complexity index is 1700. The number of anilines is 1. The highest BCUT2D eigenvalue weighted by molar-refractivity contribution is 7.13. The Balaban J connectivity index is 1.46. The van der Waals surface area contributed by atoms with E-state index in [-0.39, 0.29) is 5.91 Å². The number of carbonyl (C=O) groups excluding carboxylic acids is 1. The molecule has 1 aromatic carbocycles. The Hall–Kier alpha value is -4.44. The lowest BCUT2D eigenvalue weighted by Gasteiger charge is -2.08. The maximum absolute atomic E-state index is 15.1. The van der Waals surface area contributed by atoms with Gasteiger partial charge in [0.25, 0.3) is 0 Å². The molecule has 0 spiro atoms. The largest absolute Gasteiger partial charge is 0.335 e. The summed E-state index contributed by atoms with van der Waals surface area (Å²) in [4.78, 5) is 29.5. The molecule has 6 rings (SSSR count). The van der Waals surface area contributed by atoms with Crippen molar-refractivity contribution in [1.82, 2.24) is 30.1 Å². The first kappa shape index (κ1) is 21.1. The summed E-state index contributed by atoms with van der Waals surface area (Å²) in [7, 11) is 0. The lowest BCUT2D eigenvalue weighted by molar-refractivity contribution is -0.115. The van der Waals surface area contributed by atoms with Crippen LogP contribution >= 0.6 is 11.3 Å². The third kappa shape index (κ3) is 3.73. The molecule has 172 valence electrons. The Morgan fingerprint density at radius 1 is 1.17 bits per heavy atom. The second kappa shape index (κ2) is 8.41. The van der Waals surface area contributed by atoms with Crippen LogP contribution in [0.3, 0.4) is 0 Å². The van der Waals surface area contributed by atoms with Gasteiger partial charge in [-0.25, -0.2) is 14.4 Å². The van der Waals surface area contributed by atoms with Crippen LogP contribution in [-0.4, -0.2) is 36.0 Å². The van der Waals surface area contributed by atoms with E-state index in [1.165, 1.54) is 12.3 Å². The molecule has 3 N–H and O–H groups in total. The van der Waals surface area contributed by atoms with Gasteiger partial charge in [-0.15, -0.1) is 11.3 Å². The Labute approximate surface area is 202 Å². The number of carbonyl (C=O) groups is 1. The smallest absolute Gasteiger partial charge is 0.224 e. The molecular formula is C25H18FN7OS. The molecule has 0 aliphatic carbocycles. The van der Waals surface area contributed by atoms with E-state index in [1.54, 1.807) is 42.8 Å². The van der Waals surface area contributed by atoms with Crippen molar-refractivity contribution in [2.45, 2.75) is 13.3 Å². The van der Waals surface area contributed by atoms with Gasteiger partial charge in [0.1, 0.15) is 11.5 Å². The molecular weight excluding hydrogens is 465 g/mol. The summed E-state index contributed by atoms with van der Waals surface area (Å²) in [6.07, 6.45) is 5.16. The van der Waals surface area contributed by atoms with Crippen LogP contribution in [-0.2, 0) is 4.79 Å². The van der Waals surface area contributed by atoms with Crippen molar-refractivity contribution in [2.75, 3.05) is 5.32 Å². The molecule has 5 heterocycles. The van der Waals surface area contributed by atoms with Crippen LogP contribution in [0.5, 0.6) is 0 Å². The summed E-state index contributed by atoms with van der Waals surface area (Å²) >= 11 is 1.64. The number of rotatable bonds is 5. The number of aromatic nitrogens is 6. The third-order valence-corrected chi connectivity index (χ3v) is 6.61. The lowest BCUT2D eigenvalue weighted by atomic mass is 10.0. The minimum absolute atomic E-state index is 0.141. The van der Waals surface area contributed by atoms with E-state index in [1.807, 2.05) is 23.6 Å². The first-order valence-electron chi connectivity index (χ1n) is 10.9. The van der Waals surface area contributed by atoms with Gasteiger partial charge in [0.15, 0.2) is 11.5 Å². The van der Waals surface area contributed by atoms with Crippen LogP contribution in [0.4, 0.5) is 10.1 Å². The van der Waals surface area contributed by atoms with Gasteiger partial charge in [-0.3, -0.25) is 14.9 Å². The van der Waals surface area contributed by atoms with Crippen molar-refractivity contribution < 1.29 is 9.18 Å². The van der Waals surface area contributed by atoms with E-state index in [4.69, 9.17) is 0 Å². The molecule has 10 heteroatoms. The second-order valence-electron chi connectivity index (χ2n) is 7.93. The van der Waals surface area contributed by atoms with Gasteiger partial charge in [0.2, 0.25) is 5.91 Å². The van der Waals surface area contributed by atoms with Gasteiger partial charge >= 0.3 is 0 Å². The highest BCUT2D eigenvalue weighted by Gasteiger charge is 2.18. The summed E-state index contributed by atoms with van der Waals surface area (Å²) in [6, 6.07) is 10.8. The molecule has 0 atom stereocenters. The zero-order valence-electron chi connectivity index (χ0n) is 18.5. The normalized spacial score (nSPS) is 11.4. The average Bonchev–Trinajstić information content (AvgIpc) is 3.62. The zero-order valence-corrected chi connectivity index (χ0v) is 19.3. The molecule has 5 aromatic heterocycles. The molecule has 0 saturated carbocycles. The first-order valence-corrected chi connectivity index (χ1v) is 11.8. The number of benzene rings is 1. The molecule has 35 heavy (non-hydrogen) atoms. The lowest BCUT2D eigenvalue weighted by Crippen LogP contribution is -2.09. The summed E-state index contributed by atoms with van der Waals surface area (Å²) < 4.78 is 15.1. The quantitative estimate of drug-likeness (QED) is 0.288. The number of amides is 1. The van der Waals surface area contributed by atoms with Gasteiger partial charge in [-0.2, -0.15) is 5.10 Å². The molecule has 0 saturated heterocycles. The molecule has 0 unspecified atom stereocenters. The van der Waals surface area contributed by atoms with Crippen molar-refractivity contribution >= 4 is 45.0 Å². The number of pyridine rings is 2. The van der Waals surface area contributed by atoms with E-state index in [2.05, 4.69) is 35.5 Å². The summed E-state index contributed by atoms with van der Waals surface area (Å²) in [5, 5.41) is 12.8. The van der Waals surface area contributed by atoms with Gasteiger partial charge in [-0.05, 0) is 29.6 Å². The number of nitrogens with one attached hydrogen (secondary N) is 3. The standard InChI is InChI=1S/C25H18FN7OS/c1-2-21(34)29-14-8-13(11-27-12-14)16-9-17-19(10-18(16)26)32-33-23(17)25-30-22-15(20-4-3-7-35-20)5-6-28-24(22)31-25/h3-12H,2H2,1H3,(H,29,34)(H,32,33)(H,28,30,31). The van der Waals surface area contributed by atoms with E-state index >= 15 is 4.39 Å². The van der Waals surface area contributed by atoms with Crippen LogP contribution in [0.25, 0.3) is 55.2 Å². The van der Waals surface area contributed by atoms with Crippen LogP contribution < -0.4 is 5.32 Å². The SMILES string of the molecule is CCC(=O)Nc1cncc(-c2cc3c(-c4nc5nccc(-c6cccs6)c5[nH]4)n[nH]c3cc2F)c1. The Kier molecular flexibility index (Phi) is 5.07. The average molecular weight is 484 g/mol. The maximum Gasteiger partial charge on any atom is 0.224 e. The molecule has 6 aromatic rings. The highest BCUT2D eigenvalue weighted by atomic mass is 32.1. The number of fused-ring (bicyclic) bond motifs is 2. The van der Waals surface area contributed by atoms with Gasteiger partial charge in [-0.1, -0.05) is 13.0 Å². The van der Waals surface area contributed by atoms with Crippen LogP contribution in [0.15, 0.2) is 60.4 Å². The number of imidazole rings is 1. The minimum atomic E-state index is -0.431. The first-order chi connectivity index (χ1) is 17.1. The fourth-order valence-corrected chi connectivity index (χ4v) is 4.76. The van der Waals surface area contributed by atoms with Crippen LogP contribution in [0.2, 0.25) is 0 Å². The number of hydrogen-bond donors (Lipinski definition) is 3. The van der Waals surface area contributed by atoms with Crippen molar-refractivity contribution in [3.63, 3.8) is 0 Å². The summed E-state index contributed by atoms with van der Waals surface area (Å²) in [5.41, 5.74) is 4.87. The fraction of sp³-hybridized carbons (Fsp3) is 0.0800. The Morgan fingerprint density at radius 3 is 2.91 bits per heavy atom. The fourth-order valence-electron chi connectivity index (χ4n) is 4.01. The number of thiophene rings is 1. The van der Waals surface area contributed by atoms with Crippen molar-refractivity contribution in [3.8, 4) is 33.1 Å². The summed E-state index contributed by atoms with van der Waals surface area (Å²) in [5.74, 6) is -0.0421. The van der Waals surface area contributed by atoms with Crippen LogP contribution in [0.1, 0.15) is 13.3 Å². The second-order valence-corrected chi connectivity index (χ2v) is 8.88. The van der Waals surface area contributed by atoms with E-state index in [0.717, 1.165) is 16.0 Å². The maximum atomic E-state index is 15.1. The molecule has 0 fully saturated rings. The number of H-pyrrole nitrogens is 2. The molecule has 0 aliphatic heterocycles. The third-order valence-electron chi connectivity index (χ3n) is 5.71. The molecule has 1 amide bonds. The van der Waals surface area contributed by atoms with Gasteiger partial charge in [0.05, 0.1) is 22.9 Å². The molecule has 8 nitrogen and oxygen atoms in total. The monoisotopic (exact) mass is 483 g/mol. The highest BCUT2D eigenvalue weighted by Crippen LogP contribution is 2.35. The molecule has 0 aliphatic rings. The van der Waals surface area contributed by atoms with Crippen molar-refractivity contribution in [3.05, 3.63) is 66.2 Å². The molecule has 0 bridgehead atoms. The number of hydrogen-bond acceptors (Lipinski definition) is 6. The molecule has 0 radical (unpaired) electrons. The number of aromatic amines is 2. The van der Waals surface area contributed by atoms with E-state index in [9.17, 15) is 4.79 Å². The minimum Gasteiger partial charge on any atom is -0.335 e. The van der Waals surface area contributed by atoms with E-state index < -0.39 is 5.82 Å². The van der Waals surface area contributed by atoms with Crippen LogP contribution in [0, 0.1) is 5.82 Å².